The molecule has 0 aliphatic rings. The SMILES string of the molecule is CCC(C(N)=O)N(CC)Cc1cccc(C)n1. The van der Waals surface area contributed by atoms with Crippen LogP contribution >= 0.6 is 0 Å². The van der Waals surface area contributed by atoms with Crippen LogP contribution in [-0.2, 0) is 11.3 Å². The number of hydrogen-bond donors (Lipinski definition) is 1. The molecule has 94 valence electrons. The Morgan fingerprint density at radius 1 is 1.47 bits per heavy atom. The Labute approximate surface area is 103 Å². The number of aryl methyl sites for hydroxylation is 1. The second-order valence-electron chi connectivity index (χ2n) is 4.16. The normalized spacial score (nSPS) is 12.7. The molecule has 0 fully saturated rings. The number of aromatic nitrogens is 1. The number of amides is 1. The van der Waals surface area contributed by atoms with Crippen molar-refractivity contribution >= 4 is 5.91 Å². The van der Waals surface area contributed by atoms with Crippen molar-refractivity contribution in [1.82, 2.24) is 9.88 Å². The van der Waals surface area contributed by atoms with Crippen molar-refractivity contribution < 1.29 is 4.79 Å². The van der Waals surface area contributed by atoms with E-state index in [2.05, 4.69) is 9.88 Å². The fourth-order valence-corrected chi connectivity index (χ4v) is 1.98. The van der Waals surface area contributed by atoms with E-state index in [0.29, 0.717) is 6.54 Å². The second kappa shape index (κ2) is 6.35. The van der Waals surface area contributed by atoms with Crippen LogP contribution in [0.2, 0.25) is 0 Å². The van der Waals surface area contributed by atoms with Crippen molar-refractivity contribution in [2.45, 2.75) is 39.8 Å². The summed E-state index contributed by atoms with van der Waals surface area (Å²) in [6.07, 6.45) is 0.731. The zero-order valence-corrected chi connectivity index (χ0v) is 10.8. The Morgan fingerprint density at radius 2 is 2.18 bits per heavy atom. The van der Waals surface area contributed by atoms with E-state index in [1.54, 1.807) is 0 Å². The predicted molar refractivity (Wildman–Crippen MR) is 68.3 cm³/mol. The zero-order valence-electron chi connectivity index (χ0n) is 10.8. The summed E-state index contributed by atoms with van der Waals surface area (Å²) in [7, 11) is 0. The number of carbonyl (C=O) groups excluding carboxylic acids is 1. The first-order valence-corrected chi connectivity index (χ1v) is 6.04. The van der Waals surface area contributed by atoms with Crippen LogP contribution in [0.5, 0.6) is 0 Å². The lowest BCUT2D eigenvalue weighted by molar-refractivity contribution is -0.123. The van der Waals surface area contributed by atoms with Crippen molar-refractivity contribution in [3.05, 3.63) is 29.6 Å². The number of nitrogens with two attached hydrogens (primary N) is 1. The molecule has 0 saturated carbocycles. The lowest BCUT2D eigenvalue weighted by atomic mass is 10.1. The molecule has 2 N–H and O–H groups in total. The van der Waals surface area contributed by atoms with Gasteiger partial charge in [0.1, 0.15) is 0 Å². The molecule has 1 rings (SSSR count). The molecule has 1 atom stereocenters. The molecule has 0 aliphatic carbocycles. The summed E-state index contributed by atoms with van der Waals surface area (Å²) in [6, 6.07) is 5.72. The Hall–Kier alpha value is -1.42. The summed E-state index contributed by atoms with van der Waals surface area (Å²) < 4.78 is 0. The molecule has 0 radical (unpaired) electrons. The van der Waals surface area contributed by atoms with Crippen LogP contribution in [0.15, 0.2) is 18.2 Å². The topological polar surface area (TPSA) is 59.2 Å². The van der Waals surface area contributed by atoms with E-state index in [4.69, 9.17) is 5.73 Å². The summed E-state index contributed by atoms with van der Waals surface area (Å²) in [5.74, 6) is -0.262. The van der Waals surface area contributed by atoms with Crippen molar-refractivity contribution in [2.24, 2.45) is 5.73 Å². The molecule has 1 aromatic rings. The molecule has 1 aromatic heterocycles. The lowest BCUT2D eigenvalue weighted by Crippen LogP contribution is -2.44. The Balaban J connectivity index is 2.79. The highest BCUT2D eigenvalue weighted by molar-refractivity contribution is 5.79. The molecule has 0 bridgehead atoms. The molecule has 4 heteroatoms. The zero-order chi connectivity index (χ0) is 12.8. The summed E-state index contributed by atoms with van der Waals surface area (Å²) in [5, 5.41) is 0. The van der Waals surface area contributed by atoms with Gasteiger partial charge in [0, 0.05) is 12.2 Å². The maximum absolute atomic E-state index is 11.3. The minimum absolute atomic E-state index is 0.206. The second-order valence-corrected chi connectivity index (χ2v) is 4.16. The van der Waals surface area contributed by atoms with Crippen molar-refractivity contribution in [3.8, 4) is 0 Å². The van der Waals surface area contributed by atoms with E-state index in [0.717, 1.165) is 24.4 Å². The Bertz CT molecular complexity index is 379. The van der Waals surface area contributed by atoms with Crippen molar-refractivity contribution in [1.29, 1.82) is 0 Å². The van der Waals surface area contributed by atoms with Gasteiger partial charge in [0.05, 0.1) is 11.7 Å². The number of rotatable bonds is 6. The highest BCUT2D eigenvalue weighted by atomic mass is 16.1. The Kier molecular flexibility index (Phi) is 5.10. The first kappa shape index (κ1) is 13.6. The fourth-order valence-electron chi connectivity index (χ4n) is 1.98. The van der Waals surface area contributed by atoms with E-state index in [1.807, 2.05) is 39.0 Å². The highest BCUT2D eigenvalue weighted by Crippen LogP contribution is 2.09. The van der Waals surface area contributed by atoms with E-state index >= 15 is 0 Å². The molecule has 0 aliphatic heterocycles. The first-order valence-electron chi connectivity index (χ1n) is 6.04. The van der Waals surface area contributed by atoms with E-state index in [1.165, 1.54) is 0 Å². The van der Waals surface area contributed by atoms with Gasteiger partial charge in [0.2, 0.25) is 5.91 Å². The van der Waals surface area contributed by atoms with Gasteiger partial charge >= 0.3 is 0 Å². The largest absolute Gasteiger partial charge is 0.368 e. The van der Waals surface area contributed by atoms with Crippen LogP contribution in [0.4, 0.5) is 0 Å². The third-order valence-corrected chi connectivity index (χ3v) is 2.87. The van der Waals surface area contributed by atoms with Crippen LogP contribution in [0.3, 0.4) is 0 Å². The third-order valence-electron chi connectivity index (χ3n) is 2.87. The lowest BCUT2D eigenvalue weighted by Gasteiger charge is -2.27. The minimum atomic E-state index is -0.262. The highest BCUT2D eigenvalue weighted by Gasteiger charge is 2.20. The molecule has 1 heterocycles. The molecule has 0 spiro atoms. The van der Waals surface area contributed by atoms with Crippen LogP contribution in [0.1, 0.15) is 31.7 Å². The molecule has 4 nitrogen and oxygen atoms in total. The summed E-state index contributed by atoms with van der Waals surface area (Å²) in [6.45, 7) is 7.42. The van der Waals surface area contributed by atoms with Gasteiger partial charge in [-0.2, -0.15) is 0 Å². The maximum Gasteiger partial charge on any atom is 0.234 e. The smallest absolute Gasteiger partial charge is 0.234 e. The Morgan fingerprint density at radius 3 is 2.65 bits per heavy atom. The number of pyridine rings is 1. The first-order chi connectivity index (χ1) is 8.08. The van der Waals surface area contributed by atoms with Gasteiger partial charge in [0.25, 0.3) is 0 Å². The average Bonchev–Trinajstić information content (AvgIpc) is 2.28. The number of hydrogen-bond acceptors (Lipinski definition) is 3. The maximum atomic E-state index is 11.3. The minimum Gasteiger partial charge on any atom is -0.368 e. The summed E-state index contributed by atoms with van der Waals surface area (Å²) >= 11 is 0. The summed E-state index contributed by atoms with van der Waals surface area (Å²) in [5.41, 5.74) is 7.38. The van der Waals surface area contributed by atoms with Gasteiger partial charge in [-0.1, -0.05) is 19.9 Å². The number of carbonyl (C=O) groups is 1. The van der Waals surface area contributed by atoms with Crippen molar-refractivity contribution in [3.63, 3.8) is 0 Å². The average molecular weight is 235 g/mol. The molecular weight excluding hydrogens is 214 g/mol. The van der Waals surface area contributed by atoms with Gasteiger partial charge in [-0.15, -0.1) is 0 Å². The molecule has 1 unspecified atom stereocenters. The molecule has 0 aromatic carbocycles. The van der Waals surface area contributed by atoms with Gasteiger partial charge in [0.15, 0.2) is 0 Å². The van der Waals surface area contributed by atoms with Gasteiger partial charge in [-0.25, -0.2) is 0 Å². The molecule has 17 heavy (non-hydrogen) atoms. The van der Waals surface area contributed by atoms with Crippen LogP contribution < -0.4 is 5.73 Å². The quantitative estimate of drug-likeness (QED) is 0.812. The fraction of sp³-hybridized carbons (Fsp3) is 0.538. The summed E-state index contributed by atoms with van der Waals surface area (Å²) in [4.78, 5) is 17.9. The van der Waals surface area contributed by atoms with Crippen LogP contribution in [0, 0.1) is 6.92 Å². The van der Waals surface area contributed by atoms with Gasteiger partial charge in [-0.3, -0.25) is 14.7 Å². The monoisotopic (exact) mass is 235 g/mol. The molecule has 0 saturated heterocycles. The van der Waals surface area contributed by atoms with Gasteiger partial charge < -0.3 is 5.73 Å². The van der Waals surface area contributed by atoms with E-state index in [-0.39, 0.29) is 11.9 Å². The molecular formula is C13H21N3O. The number of nitrogens with zero attached hydrogens (tertiary/aromatic N) is 2. The standard InChI is InChI=1S/C13H21N3O/c1-4-12(13(14)17)16(5-2)9-11-8-6-7-10(3)15-11/h6-8,12H,4-5,9H2,1-3H3,(H2,14,17). The number of likely N-dealkylation sites (N-methyl/N-ethyl adjacent to an activating group) is 1. The van der Waals surface area contributed by atoms with Crippen LogP contribution in [-0.4, -0.2) is 28.4 Å². The van der Waals surface area contributed by atoms with E-state index < -0.39 is 0 Å². The van der Waals surface area contributed by atoms with Crippen molar-refractivity contribution in [2.75, 3.05) is 6.54 Å². The van der Waals surface area contributed by atoms with Gasteiger partial charge in [-0.05, 0) is 32.0 Å². The third kappa shape index (κ3) is 3.82. The van der Waals surface area contributed by atoms with Crippen LogP contribution in [0.25, 0.3) is 0 Å². The predicted octanol–water partition coefficient (Wildman–Crippen LogP) is 1.48. The van der Waals surface area contributed by atoms with E-state index in [9.17, 15) is 4.79 Å². The number of primary amides is 1. The molecule has 1 amide bonds.